The number of fused-ring (bicyclic) bond motifs is 1. The maximum absolute atomic E-state index is 5.54. The van der Waals surface area contributed by atoms with Crippen LogP contribution in [-0.4, -0.2) is 12.0 Å². The second-order valence-corrected chi connectivity index (χ2v) is 5.56. The molecule has 0 radical (unpaired) electrons. The van der Waals surface area contributed by atoms with Crippen molar-refractivity contribution in [2.45, 2.75) is 32.2 Å². The minimum Gasteiger partial charge on any atom is -0.442 e. The van der Waals surface area contributed by atoms with Gasteiger partial charge in [-0.25, -0.2) is 4.98 Å². The van der Waals surface area contributed by atoms with Gasteiger partial charge in [0, 0.05) is 11.4 Å². The molecule has 1 aliphatic carbocycles. The molecule has 0 aliphatic heterocycles. The molecule has 90 valence electrons. The predicted octanol–water partition coefficient (Wildman–Crippen LogP) is 3.00. The Morgan fingerprint density at radius 3 is 3.12 bits per heavy atom. The number of thiophene rings is 1. The molecular formula is C13H16N2OS. The summed E-state index contributed by atoms with van der Waals surface area (Å²) >= 11 is 1.87. The van der Waals surface area contributed by atoms with Gasteiger partial charge < -0.3 is 9.73 Å². The molecule has 3 nitrogen and oxygen atoms in total. The van der Waals surface area contributed by atoms with Gasteiger partial charge in [0.05, 0.1) is 4.88 Å². The molecule has 0 fully saturated rings. The molecule has 2 aromatic heterocycles. The van der Waals surface area contributed by atoms with Crippen LogP contribution in [0.25, 0.3) is 10.6 Å². The summed E-state index contributed by atoms with van der Waals surface area (Å²) in [6, 6.07) is 2.29. The van der Waals surface area contributed by atoms with Crippen molar-refractivity contribution in [1.82, 2.24) is 10.3 Å². The highest BCUT2D eigenvalue weighted by molar-refractivity contribution is 7.15. The zero-order valence-electron chi connectivity index (χ0n) is 9.95. The molecule has 3 rings (SSSR count). The number of aryl methyl sites for hydroxylation is 2. The van der Waals surface area contributed by atoms with Gasteiger partial charge in [0.2, 0.25) is 0 Å². The lowest BCUT2D eigenvalue weighted by Crippen LogP contribution is -2.05. The van der Waals surface area contributed by atoms with Gasteiger partial charge in [0.1, 0.15) is 5.69 Å². The molecule has 0 aromatic carbocycles. The van der Waals surface area contributed by atoms with Crippen LogP contribution in [0, 0.1) is 0 Å². The first kappa shape index (κ1) is 11.0. The number of aromatic nitrogens is 1. The van der Waals surface area contributed by atoms with Gasteiger partial charge >= 0.3 is 0 Å². The first-order valence-electron chi connectivity index (χ1n) is 6.07. The Morgan fingerprint density at radius 2 is 2.29 bits per heavy atom. The summed E-state index contributed by atoms with van der Waals surface area (Å²) in [7, 11) is 1.93. The Balaban J connectivity index is 1.97. The van der Waals surface area contributed by atoms with Crippen LogP contribution >= 0.6 is 11.3 Å². The van der Waals surface area contributed by atoms with Gasteiger partial charge in [-0.3, -0.25) is 0 Å². The molecule has 1 N–H and O–H groups in total. The van der Waals surface area contributed by atoms with Gasteiger partial charge in [-0.1, -0.05) is 0 Å². The Kier molecular flexibility index (Phi) is 2.99. The quantitative estimate of drug-likeness (QED) is 0.907. The SMILES string of the molecule is CNCc1ncoc1-c1cc2c(s1)CCCC2. The number of hydrogen-bond acceptors (Lipinski definition) is 4. The Labute approximate surface area is 105 Å². The zero-order chi connectivity index (χ0) is 11.7. The fourth-order valence-electron chi connectivity index (χ4n) is 2.37. The molecule has 1 aliphatic rings. The summed E-state index contributed by atoms with van der Waals surface area (Å²) in [5, 5.41) is 3.12. The Morgan fingerprint density at radius 1 is 1.41 bits per heavy atom. The average molecular weight is 248 g/mol. The maximum Gasteiger partial charge on any atom is 0.181 e. The van der Waals surface area contributed by atoms with Crippen LogP contribution in [0.2, 0.25) is 0 Å². The van der Waals surface area contributed by atoms with Crippen molar-refractivity contribution < 1.29 is 4.42 Å². The lowest BCUT2D eigenvalue weighted by atomic mass is 9.99. The van der Waals surface area contributed by atoms with Crippen molar-refractivity contribution in [3.8, 4) is 10.6 Å². The van der Waals surface area contributed by atoms with Crippen molar-refractivity contribution >= 4 is 11.3 Å². The summed E-state index contributed by atoms with van der Waals surface area (Å²) in [5.74, 6) is 0.943. The topological polar surface area (TPSA) is 38.1 Å². The molecule has 2 aromatic rings. The normalized spacial score (nSPS) is 14.9. The fourth-order valence-corrected chi connectivity index (χ4v) is 3.63. The van der Waals surface area contributed by atoms with E-state index in [9.17, 15) is 0 Å². The number of oxazole rings is 1. The van der Waals surface area contributed by atoms with E-state index in [1.165, 1.54) is 41.0 Å². The van der Waals surface area contributed by atoms with E-state index in [0.29, 0.717) is 0 Å². The molecule has 0 bridgehead atoms. The number of hydrogen-bond donors (Lipinski definition) is 1. The second-order valence-electron chi connectivity index (χ2n) is 4.42. The highest BCUT2D eigenvalue weighted by atomic mass is 32.1. The van der Waals surface area contributed by atoms with E-state index in [4.69, 9.17) is 4.42 Å². The van der Waals surface area contributed by atoms with E-state index in [2.05, 4.69) is 16.4 Å². The maximum atomic E-state index is 5.54. The largest absolute Gasteiger partial charge is 0.442 e. The zero-order valence-corrected chi connectivity index (χ0v) is 10.8. The van der Waals surface area contributed by atoms with Crippen LogP contribution in [0.1, 0.15) is 29.0 Å². The summed E-state index contributed by atoms with van der Waals surface area (Å²) < 4.78 is 5.54. The van der Waals surface area contributed by atoms with E-state index in [-0.39, 0.29) is 0 Å². The lowest BCUT2D eigenvalue weighted by Gasteiger charge is -2.08. The second kappa shape index (κ2) is 4.63. The summed E-state index contributed by atoms with van der Waals surface area (Å²) in [5.41, 5.74) is 2.52. The first-order chi connectivity index (χ1) is 8.38. The Hall–Kier alpha value is -1.13. The van der Waals surface area contributed by atoms with Crippen molar-refractivity contribution in [2.75, 3.05) is 7.05 Å². The molecule has 0 saturated carbocycles. The molecule has 4 heteroatoms. The molecule has 0 unspecified atom stereocenters. The van der Waals surface area contributed by atoms with E-state index >= 15 is 0 Å². The van der Waals surface area contributed by atoms with Crippen LogP contribution in [0.5, 0.6) is 0 Å². The predicted molar refractivity (Wildman–Crippen MR) is 69.2 cm³/mol. The van der Waals surface area contributed by atoms with Crippen LogP contribution in [0.15, 0.2) is 16.9 Å². The highest BCUT2D eigenvalue weighted by Gasteiger charge is 2.18. The molecular weight excluding hydrogens is 232 g/mol. The van der Waals surface area contributed by atoms with E-state index in [0.717, 1.165) is 18.0 Å². The third-order valence-electron chi connectivity index (χ3n) is 3.21. The molecule has 17 heavy (non-hydrogen) atoms. The van der Waals surface area contributed by atoms with Gasteiger partial charge in [0.15, 0.2) is 12.2 Å². The van der Waals surface area contributed by atoms with E-state index in [1.807, 2.05) is 18.4 Å². The molecule has 0 saturated heterocycles. The number of rotatable bonds is 3. The third kappa shape index (κ3) is 2.03. The smallest absolute Gasteiger partial charge is 0.181 e. The van der Waals surface area contributed by atoms with Gasteiger partial charge in [-0.2, -0.15) is 0 Å². The lowest BCUT2D eigenvalue weighted by molar-refractivity contribution is 0.571. The van der Waals surface area contributed by atoms with E-state index < -0.39 is 0 Å². The molecule has 0 amide bonds. The number of nitrogens with one attached hydrogen (secondary N) is 1. The van der Waals surface area contributed by atoms with Crippen molar-refractivity contribution in [3.05, 3.63) is 28.6 Å². The van der Waals surface area contributed by atoms with Crippen LogP contribution in [0.4, 0.5) is 0 Å². The van der Waals surface area contributed by atoms with Gasteiger partial charge in [-0.15, -0.1) is 11.3 Å². The number of nitrogens with zero attached hydrogens (tertiary/aromatic N) is 1. The minimum atomic E-state index is 0.758. The standard InChI is InChI=1S/C13H16N2OS/c1-14-7-10-13(16-8-15-10)12-6-9-4-2-3-5-11(9)17-12/h6,8,14H,2-5,7H2,1H3. The molecule has 0 spiro atoms. The van der Waals surface area contributed by atoms with Crippen LogP contribution in [-0.2, 0) is 19.4 Å². The fraction of sp³-hybridized carbons (Fsp3) is 0.462. The summed E-state index contributed by atoms with van der Waals surface area (Å²) in [4.78, 5) is 7.04. The Bertz CT molecular complexity index is 492. The van der Waals surface area contributed by atoms with Crippen molar-refractivity contribution in [2.24, 2.45) is 0 Å². The average Bonchev–Trinajstić information content (AvgIpc) is 2.94. The van der Waals surface area contributed by atoms with Crippen LogP contribution in [0.3, 0.4) is 0 Å². The third-order valence-corrected chi connectivity index (χ3v) is 4.44. The monoisotopic (exact) mass is 248 g/mol. The first-order valence-corrected chi connectivity index (χ1v) is 6.89. The highest BCUT2D eigenvalue weighted by Crippen LogP contribution is 2.36. The van der Waals surface area contributed by atoms with E-state index in [1.54, 1.807) is 6.39 Å². The van der Waals surface area contributed by atoms with Crippen molar-refractivity contribution in [3.63, 3.8) is 0 Å². The van der Waals surface area contributed by atoms with Crippen LogP contribution < -0.4 is 5.32 Å². The van der Waals surface area contributed by atoms with Gasteiger partial charge in [0.25, 0.3) is 0 Å². The molecule has 2 heterocycles. The minimum absolute atomic E-state index is 0.758. The summed E-state index contributed by atoms with van der Waals surface area (Å²) in [6.45, 7) is 0.758. The summed E-state index contributed by atoms with van der Waals surface area (Å²) in [6.07, 6.45) is 6.65. The van der Waals surface area contributed by atoms with Gasteiger partial charge in [-0.05, 0) is 44.4 Å². The van der Waals surface area contributed by atoms with Crippen molar-refractivity contribution in [1.29, 1.82) is 0 Å². The molecule has 0 atom stereocenters.